The number of nitrogens with zero attached hydrogens (tertiary/aromatic N) is 2. The van der Waals surface area contributed by atoms with Crippen LogP contribution in [-0.2, 0) is 0 Å². The second-order valence-electron chi connectivity index (χ2n) is 5.11. The SMILES string of the molecule is C=N/C=C\SCNc1ccc(OC)nc1.Cc1ccc2[nH]ccc2c1. The fourth-order valence-electron chi connectivity index (χ4n) is 2.04. The summed E-state index contributed by atoms with van der Waals surface area (Å²) in [7, 11) is 1.60. The van der Waals surface area contributed by atoms with Crippen molar-refractivity contribution in [2.75, 3.05) is 18.3 Å². The van der Waals surface area contributed by atoms with Crippen LogP contribution in [0.15, 0.2) is 65.4 Å². The number of benzene rings is 1. The number of anilines is 1. The van der Waals surface area contributed by atoms with Crippen LogP contribution in [0.3, 0.4) is 0 Å². The normalized spacial score (nSPS) is 10.3. The number of H-pyrrole nitrogens is 1. The van der Waals surface area contributed by atoms with Crippen molar-refractivity contribution in [3.63, 3.8) is 0 Å². The molecule has 3 rings (SSSR count). The van der Waals surface area contributed by atoms with E-state index in [1.807, 2.05) is 23.7 Å². The molecule has 0 atom stereocenters. The Morgan fingerprint density at radius 1 is 1.32 bits per heavy atom. The van der Waals surface area contributed by atoms with E-state index in [9.17, 15) is 0 Å². The Balaban J connectivity index is 0.000000194. The molecule has 0 aliphatic rings. The third kappa shape index (κ3) is 6.35. The lowest BCUT2D eigenvalue weighted by atomic mass is 10.2. The predicted molar refractivity (Wildman–Crippen MR) is 109 cm³/mol. The highest BCUT2D eigenvalue weighted by Gasteiger charge is 1.93. The molecule has 0 radical (unpaired) electrons. The van der Waals surface area contributed by atoms with Crippen molar-refractivity contribution in [3.8, 4) is 5.88 Å². The number of fused-ring (bicyclic) bond motifs is 1. The Morgan fingerprint density at radius 2 is 2.20 bits per heavy atom. The summed E-state index contributed by atoms with van der Waals surface area (Å²) in [6, 6.07) is 12.2. The quantitative estimate of drug-likeness (QED) is 0.378. The van der Waals surface area contributed by atoms with Crippen LogP contribution in [0.25, 0.3) is 10.9 Å². The maximum absolute atomic E-state index is 4.95. The fourth-order valence-corrected chi connectivity index (χ4v) is 2.56. The number of pyridine rings is 1. The van der Waals surface area contributed by atoms with E-state index in [1.165, 1.54) is 16.5 Å². The average molecular weight is 354 g/mol. The first kappa shape index (κ1) is 18.6. The topological polar surface area (TPSA) is 62.3 Å². The molecule has 0 bridgehead atoms. The van der Waals surface area contributed by atoms with Gasteiger partial charge in [0.2, 0.25) is 5.88 Å². The van der Waals surface area contributed by atoms with Gasteiger partial charge in [-0.15, -0.1) is 11.8 Å². The van der Waals surface area contributed by atoms with E-state index < -0.39 is 0 Å². The number of ether oxygens (including phenoxy) is 1. The molecule has 0 spiro atoms. The monoisotopic (exact) mass is 354 g/mol. The molecule has 5 nitrogen and oxygen atoms in total. The summed E-state index contributed by atoms with van der Waals surface area (Å²) in [4.78, 5) is 10.8. The smallest absolute Gasteiger partial charge is 0.213 e. The molecule has 2 N–H and O–H groups in total. The van der Waals surface area contributed by atoms with Crippen LogP contribution in [-0.4, -0.2) is 29.7 Å². The molecule has 130 valence electrons. The van der Waals surface area contributed by atoms with Gasteiger partial charge >= 0.3 is 0 Å². The molecule has 0 aliphatic carbocycles. The molecule has 3 aromatic rings. The Hall–Kier alpha value is -2.73. The number of aryl methyl sites for hydroxylation is 1. The van der Waals surface area contributed by atoms with Gasteiger partial charge in [-0.25, -0.2) is 4.98 Å². The van der Waals surface area contributed by atoms with Gasteiger partial charge < -0.3 is 15.0 Å². The van der Waals surface area contributed by atoms with Crippen molar-refractivity contribution in [1.29, 1.82) is 0 Å². The highest BCUT2D eigenvalue weighted by molar-refractivity contribution is 8.02. The van der Waals surface area contributed by atoms with Crippen molar-refractivity contribution in [2.45, 2.75) is 6.92 Å². The third-order valence-corrected chi connectivity index (χ3v) is 3.90. The van der Waals surface area contributed by atoms with Crippen LogP contribution < -0.4 is 10.1 Å². The van der Waals surface area contributed by atoms with Crippen molar-refractivity contribution >= 4 is 35.1 Å². The molecule has 1 aromatic carbocycles. The van der Waals surface area contributed by atoms with E-state index in [2.05, 4.69) is 58.2 Å². The Bertz CT molecular complexity index is 812. The van der Waals surface area contributed by atoms with E-state index in [-0.39, 0.29) is 0 Å². The van der Waals surface area contributed by atoms with E-state index in [4.69, 9.17) is 4.74 Å². The number of rotatable bonds is 6. The van der Waals surface area contributed by atoms with Gasteiger partial charge in [0.05, 0.1) is 24.9 Å². The van der Waals surface area contributed by atoms with Gasteiger partial charge in [-0.3, -0.25) is 4.99 Å². The van der Waals surface area contributed by atoms with E-state index in [1.54, 1.807) is 31.3 Å². The zero-order chi connectivity index (χ0) is 17.9. The minimum Gasteiger partial charge on any atom is -0.481 e. The van der Waals surface area contributed by atoms with Gasteiger partial charge in [-0.1, -0.05) is 11.6 Å². The molecular weight excluding hydrogens is 332 g/mol. The highest BCUT2D eigenvalue weighted by atomic mass is 32.2. The predicted octanol–water partition coefficient (Wildman–Crippen LogP) is 4.84. The number of nitrogens with one attached hydrogen (secondary N) is 2. The van der Waals surface area contributed by atoms with Crippen LogP contribution in [0, 0.1) is 6.92 Å². The Morgan fingerprint density at radius 3 is 2.92 bits per heavy atom. The van der Waals surface area contributed by atoms with Crippen LogP contribution in [0.1, 0.15) is 5.56 Å². The lowest BCUT2D eigenvalue weighted by Gasteiger charge is -2.04. The standard InChI is InChI=1S/C10H13N3OS.C9H9N/c1-11-5-6-15-8-13-9-3-4-10(14-2)12-7-9;1-7-2-3-9-8(6-7)4-5-10-9/h3-7,13H,1,8H2,2H3;2-6,10H,1H3/b6-5-;. The third-order valence-electron chi connectivity index (χ3n) is 3.28. The summed E-state index contributed by atoms with van der Waals surface area (Å²) >= 11 is 1.60. The zero-order valence-electron chi connectivity index (χ0n) is 14.4. The minimum absolute atomic E-state index is 0.615. The van der Waals surface area contributed by atoms with Crippen molar-refractivity contribution in [2.24, 2.45) is 4.99 Å². The van der Waals surface area contributed by atoms with Gasteiger partial charge in [0.1, 0.15) is 0 Å². The van der Waals surface area contributed by atoms with Crippen LogP contribution in [0.5, 0.6) is 5.88 Å². The molecule has 0 aliphatic heterocycles. The van der Waals surface area contributed by atoms with Crippen LogP contribution in [0.4, 0.5) is 5.69 Å². The summed E-state index contributed by atoms with van der Waals surface area (Å²) in [5, 5.41) is 6.35. The lowest BCUT2D eigenvalue weighted by molar-refractivity contribution is 0.398. The molecule has 6 heteroatoms. The molecule has 0 unspecified atom stereocenters. The second kappa shape index (κ2) is 10.2. The molecular formula is C19H22N4OS. The van der Waals surface area contributed by atoms with Gasteiger partial charge in [0.15, 0.2) is 0 Å². The summed E-state index contributed by atoms with van der Waals surface area (Å²) < 4.78 is 4.95. The van der Waals surface area contributed by atoms with Crippen molar-refractivity contribution < 1.29 is 4.74 Å². The highest BCUT2D eigenvalue weighted by Crippen LogP contribution is 2.13. The molecule has 0 saturated heterocycles. The molecule has 0 saturated carbocycles. The molecule has 2 heterocycles. The lowest BCUT2D eigenvalue weighted by Crippen LogP contribution is -1.97. The molecule has 2 aromatic heterocycles. The number of methoxy groups -OCH3 is 1. The number of aromatic nitrogens is 2. The number of aliphatic imine (C=N–C) groups is 1. The van der Waals surface area contributed by atoms with Gasteiger partial charge in [-0.05, 0) is 48.7 Å². The van der Waals surface area contributed by atoms with E-state index in [0.29, 0.717) is 5.88 Å². The van der Waals surface area contributed by atoms with Crippen LogP contribution in [0.2, 0.25) is 0 Å². The fraction of sp³-hybridized carbons (Fsp3) is 0.158. The number of aromatic amines is 1. The Kier molecular flexibility index (Phi) is 7.59. The maximum atomic E-state index is 4.95. The molecule has 25 heavy (non-hydrogen) atoms. The number of hydrogen-bond donors (Lipinski definition) is 2. The number of thioether (sulfide) groups is 1. The maximum Gasteiger partial charge on any atom is 0.213 e. The summed E-state index contributed by atoms with van der Waals surface area (Å²) in [5.74, 6) is 1.38. The van der Waals surface area contributed by atoms with Crippen molar-refractivity contribution in [3.05, 3.63) is 66.0 Å². The molecule has 0 fully saturated rings. The van der Waals surface area contributed by atoms with Crippen LogP contribution >= 0.6 is 11.8 Å². The van der Waals surface area contributed by atoms with E-state index in [0.717, 1.165) is 11.6 Å². The molecule has 0 amide bonds. The Labute approximate surface area is 152 Å². The first-order valence-corrected chi connectivity index (χ1v) is 8.78. The van der Waals surface area contributed by atoms with Gasteiger partial charge in [-0.2, -0.15) is 0 Å². The first-order chi connectivity index (χ1) is 12.2. The average Bonchev–Trinajstić information content (AvgIpc) is 3.10. The van der Waals surface area contributed by atoms with Gasteiger partial charge in [0, 0.05) is 24.0 Å². The first-order valence-electron chi connectivity index (χ1n) is 7.73. The summed E-state index contributed by atoms with van der Waals surface area (Å²) in [5.41, 5.74) is 3.49. The largest absolute Gasteiger partial charge is 0.481 e. The summed E-state index contributed by atoms with van der Waals surface area (Å²) in [6.07, 6.45) is 5.34. The van der Waals surface area contributed by atoms with Crippen molar-refractivity contribution in [1.82, 2.24) is 9.97 Å². The zero-order valence-corrected chi connectivity index (χ0v) is 15.2. The second-order valence-corrected chi connectivity index (χ2v) is 6.01. The number of hydrogen-bond acceptors (Lipinski definition) is 5. The minimum atomic E-state index is 0.615. The summed E-state index contributed by atoms with van der Waals surface area (Å²) in [6.45, 7) is 5.44. The van der Waals surface area contributed by atoms with E-state index >= 15 is 0 Å². The van der Waals surface area contributed by atoms with Gasteiger partial charge in [0.25, 0.3) is 0 Å².